The Kier molecular flexibility index (Phi) is 6.99. The van der Waals surface area contributed by atoms with Gasteiger partial charge in [-0.3, -0.25) is 4.79 Å². The molecule has 2 nitrogen and oxygen atoms in total. The van der Waals surface area contributed by atoms with E-state index in [0.29, 0.717) is 5.78 Å². The number of carbonyl (C=O) groups excluding carboxylic acids is 1. The van der Waals surface area contributed by atoms with Gasteiger partial charge in [0.25, 0.3) is 0 Å². The fourth-order valence-corrected chi connectivity index (χ4v) is 2.41. The van der Waals surface area contributed by atoms with Crippen LogP contribution < -0.4 is 0 Å². The van der Waals surface area contributed by atoms with Crippen LogP contribution in [-0.2, 0) is 4.79 Å². The van der Waals surface area contributed by atoms with E-state index in [1.165, 1.54) is 44.9 Å². The highest BCUT2D eigenvalue weighted by Crippen LogP contribution is 2.18. The summed E-state index contributed by atoms with van der Waals surface area (Å²) in [5.74, 6) is 0.374. The van der Waals surface area contributed by atoms with Crippen LogP contribution in [0.5, 0.6) is 0 Å². The number of nitrogens with zero attached hydrogens (tertiary/aromatic N) is 1. The summed E-state index contributed by atoms with van der Waals surface area (Å²) in [5, 5.41) is 0. The molecule has 1 aliphatic carbocycles. The molecule has 0 heterocycles. The van der Waals surface area contributed by atoms with Crippen molar-refractivity contribution in [3.05, 3.63) is 11.8 Å². The fourth-order valence-electron chi connectivity index (χ4n) is 2.41. The summed E-state index contributed by atoms with van der Waals surface area (Å²) in [7, 11) is 3.99. The highest BCUT2D eigenvalue weighted by atomic mass is 16.1. The minimum atomic E-state index is 0.374. The first kappa shape index (κ1) is 14.3. The topological polar surface area (TPSA) is 20.3 Å². The van der Waals surface area contributed by atoms with Crippen LogP contribution in [0.2, 0.25) is 0 Å². The van der Waals surface area contributed by atoms with Gasteiger partial charge in [0.05, 0.1) is 0 Å². The van der Waals surface area contributed by atoms with Crippen molar-refractivity contribution in [2.24, 2.45) is 0 Å². The Morgan fingerprint density at radius 1 is 0.824 bits per heavy atom. The predicted molar refractivity (Wildman–Crippen MR) is 72.9 cm³/mol. The van der Waals surface area contributed by atoms with Gasteiger partial charge in [0.2, 0.25) is 0 Å². The molecule has 1 fully saturated rings. The number of hydrogen-bond acceptors (Lipinski definition) is 2. The third-order valence-electron chi connectivity index (χ3n) is 3.37. The van der Waals surface area contributed by atoms with Gasteiger partial charge in [-0.05, 0) is 19.3 Å². The summed E-state index contributed by atoms with van der Waals surface area (Å²) in [6, 6.07) is 0. The Morgan fingerprint density at radius 2 is 1.29 bits per heavy atom. The fraction of sp³-hybridized carbons (Fsp3) is 0.800. The monoisotopic (exact) mass is 237 g/mol. The minimum Gasteiger partial charge on any atom is -0.383 e. The van der Waals surface area contributed by atoms with Crippen LogP contribution in [0.4, 0.5) is 0 Å². The average molecular weight is 237 g/mol. The molecule has 0 aromatic rings. The van der Waals surface area contributed by atoms with Crippen LogP contribution in [0.25, 0.3) is 0 Å². The first-order chi connectivity index (χ1) is 8.20. The van der Waals surface area contributed by atoms with Gasteiger partial charge in [-0.1, -0.05) is 38.5 Å². The van der Waals surface area contributed by atoms with Gasteiger partial charge in [-0.15, -0.1) is 0 Å². The molecule has 0 unspecified atom stereocenters. The molecule has 2 heteroatoms. The zero-order valence-corrected chi connectivity index (χ0v) is 11.5. The van der Waals surface area contributed by atoms with E-state index in [1.807, 2.05) is 25.2 Å². The standard InChI is InChI=1S/C15H27NO/c1-16(2)13-14-11-9-7-5-3-4-6-8-10-12-15(14)17/h13H,3-12H2,1-2H3/b14-13-. The summed E-state index contributed by atoms with van der Waals surface area (Å²) in [6.45, 7) is 0. The first-order valence-electron chi connectivity index (χ1n) is 7.10. The maximum atomic E-state index is 12.1. The Balaban J connectivity index is 2.54. The Hall–Kier alpha value is -0.790. The molecule has 0 bridgehead atoms. The lowest BCUT2D eigenvalue weighted by Gasteiger charge is -2.12. The van der Waals surface area contributed by atoms with Crippen molar-refractivity contribution >= 4 is 5.78 Å². The molecule has 1 saturated carbocycles. The van der Waals surface area contributed by atoms with E-state index in [2.05, 4.69) is 0 Å². The maximum Gasteiger partial charge on any atom is 0.160 e. The largest absolute Gasteiger partial charge is 0.383 e. The molecule has 98 valence electrons. The van der Waals surface area contributed by atoms with E-state index in [4.69, 9.17) is 0 Å². The summed E-state index contributed by atoms with van der Waals surface area (Å²) >= 11 is 0. The Bertz CT molecular complexity index is 256. The number of ketones is 1. The normalized spacial score (nSPS) is 22.9. The van der Waals surface area contributed by atoms with Gasteiger partial charge >= 0.3 is 0 Å². The summed E-state index contributed by atoms with van der Waals surface area (Å²) in [4.78, 5) is 14.1. The zero-order valence-electron chi connectivity index (χ0n) is 11.5. The van der Waals surface area contributed by atoms with E-state index in [-0.39, 0.29) is 0 Å². The van der Waals surface area contributed by atoms with Crippen LogP contribution >= 0.6 is 0 Å². The van der Waals surface area contributed by atoms with Gasteiger partial charge in [0, 0.05) is 32.3 Å². The molecule has 0 radical (unpaired) electrons. The van der Waals surface area contributed by atoms with E-state index in [0.717, 1.165) is 24.8 Å². The molecule has 1 rings (SSSR count). The predicted octanol–water partition coefficient (Wildman–Crippen LogP) is 3.92. The zero-order chi connectivity index (χ0) is 12.5. The molecule has 0 spiro atoms. The second-order valence-corrected chi connectivity index (χ2v) is 5.37. The van der Waals surface area contributed by atoms with Crippen molar-refractivity contribution in [2.75, 3.05) is 14.1 Å². The van der Waals surface area contributed by atoms with Crippen molar-refractivity contribution in [3.63, 3.8) is 0 Å². The average Bonchev–Trinajstić information content (AvgIpc) is 2.27. The number of allylic oxidation sites excluding steroid dienone is 1. The summed E-state index contributed by atoms with van der Waals surface area (Å²) in [6.07, 6.45) is 13.9. The Morgan fingerprint density at radius 3 is 1.82 bits per heavy atom. The third-order valence-corrected chi connectivity index (χ3v) is 3.37. The number of Topliss-reactive ketones (excluding diaryl/α,β-unsaturated/α-hetero) is 1. The quantitative estimate of drug-likeness (QED) is 0.644. The molecule has 0 amide bonds. The molecular weight excluding hydrogens is 210 g/mol. The van der Waals surface area contributed by atoms with Crippen molar-refractivity contribution in [1.82, 2.24) is 4.90 Å². The van der Waals surface area contributed by atoms with E-state index in [1.54, 1.807) is 0 Å². The lowest BCUT2D eigenvalue weighted by Crippen LogP contribution is -2.10. The van der Waals surface area contributed by atoms with E-state index in [9.17, 15) is 4.79 Å². The van der Waals surface area contributed by atoms with Gasteiger partial charge in [-0.2, -0.15) is 0 Å². The summed E-state index contributed by atoms with van der Waals surface area (Å²) in [5.41, 5.74) is 1.04. The van der Waals surface area contributed by atoms with Crippen LogP contribution in [0.15, 0.2) is 11.8 Å². The number of carbonyl (C=O) groups is 1. The molecule has 0 aromatic carbocycles. The van der Waals surface area contributed by atoms with E-state index >= 15 is 0 Å². The lowest BCUT2D eigenvalue weighted by atomic mass is 9.97. The maximum absolute atomic E-state index is 12.1. The highest BCUT2D eigenvalue weighted by Gasteiger charge is 2.10. The van der Waals surface area contributed by atoms with Crippen molar-refractivity contribution in [2.45, 2.75) is 64.2 Å². The van der Waals surface area contributed by atoms with Crippen LogP contribution in [0, 0.1) is 0 Å². The lowest BCUT2D eigenvalue weighted by molar-refractivity contribution is -0.115. The van der Waals surface area contributed by atoms with Gasteiger partial charge in [-0.25, -0.2) is 0 Å². The van der Waals surface area contributed by atoms with Crippen LogP contribution in [-0.4, -0.2) is 24.8 Å². The minimum absolute atomic E-state index is 0.374. The number of rotatable bonds is 1. The molecule has 0 aromatic heterocycles. The molecule has 0 N–H and O–H groups in total. The Labute approximate surface area is 106 Å². The highest BCUT2D eigenvalue weighted by molar-refractivity contribution is 5.95. The molecule has 1 aliphatic rings. The van der Waals surface area contributed by atoms with Crippen LogP contribution in [0.3, 0.4) is 0 Å². The van der Waals surface area contributed by atoms with Crippen molar-refractivity contribution < 1.29 is 4.79 Å². The van der Waals surface area contributed by atoms with Crippen molar-refractivity contribution in [1.29, 1.82) is 0 Å². The molecule has 0 saturated heterocycles. The second-order valence-electron chi connectivity index (χ2n) is 5.37. The smallest absolute Gasteiger partial charge is 0.160 e. The first-order valence-corrected chi connectivity index (χ1v) is 7.10. The number of hydrogen-bond donors (Lipinski definition) is 0. The van der Waals surface area contributed by atoms with Gasteiger partial charge in [0.15, 0.2) is 5.78 Å². The van der Waals surface area contributed by atoms with Crippen LogP contribution in [0.1, 0.15) is 64.2 Å². The van der Waals surface area contributed by atoms with E-state index < -0.39 is 0 Å². The van der Waals surface area contributed by atoms with Crippen molar-refractivity contribution in [3.8, 4) is 0 Å². The molecule has 17 heavy (non-hydrogen) atoms. The van der Waals surface area contributed by atoms with Gasteiger partial charge < -0.3 is 4.90 Å². The second kappa shape index (κ2) is 8.32. The third kappa shape index (κ3) is 6.50. The summed E-state index contributed by atoms with van der Waals surface area (Å²) < 4.78 is 0. The molecular formula is C15H27NO. The molecule has 0 aliphatic heterocycles. The van der Waals surface area contributed by atoms with Gasteiger partial charge in [0.1, 0.15) is 0 Å². The SMILES string of the molecule is CN(C)/C=C1/CCCCCCCCCCC1=O. The molecule has 0 atom stereocenters.